The van der Waals surface area contributed by atoms with Crippen molar-refractivity contribution in [3.8, 4) is 0 Å². The Kier molecular flexibility index (Phi) is 2.32. The Balaban J connectivity index is 2.33. The maximum absolute atomic E-state index is 2.68. The molecule has 2 aliphatic carbocycles. The second-order valence-electron chi connectivity index (χ2n) is 7.66. The Morgan fingerprint density at radius 1 is 0.857 bits per heavy atom. The normalized spacial score (nSPS) is 28.7. The molecule has 0 heterocycles. The van der Waals surface area contributed by atoms with Crippen LogP contribution in [-0.2, 0) is 0 Å². The zero-order chi connectivity index (χ0) is 10.8. The van der Waals surface area contributed by atoms with Crippen LogP contribution in [0.3, 0.4) is 0 Å². The van der Waals surface area contributed by atoms with Gasteiger partial charge in [-0.05, 0) is 0 Å². The molecule has 0 N–H and O–H groups in total. The van der Waals surface area contributed by atoms with Crippen LogP contribution >= 0.6 is 0 Å². The first kappa shape index (κ1) is 11.5. The van der Waals surface area contributed by atoms with E-state index in [1.807, 2.05) is 0 Å². The third-order valence-corrected chi connectivity index (χ3v) is 20.8. The molecule has 0 nitrogen and oxygen atoms in total. The molecule has 0 saturated heterocycles. The molecule has 0 aliphatic heterocycles. The van der Waals surface area contributed by atoms with Crippen molar-refractivity contribution >= 4 is 26.5 Å². The molecule has 2 heteroatoms. The van der Waals surface area contributed by atoms with Gasteiger partial charge in [0.2, 0.25) is 0 Å². The first-order valence-electron chi connectivity index (χ1n) is 6.16. The minimum absolute atomic E-state index is 0.904. The van der Waals surface area contributed by atoms with E-state index in [9.17, 15) is 0 Å². The molecule has 0 unspecified atom stereocenters. The molecule has 2 fully saturated rings. The van der Waals surface area contributed by atoms with Crippen LogP contribution in [0.15, 0.2) is 0 Å². The molecule has 0 atom stereocenters. The van der Waals surface area contributed by atoms with Crippen molar-refractivity contribution in [2.75, 3.05) is 0 Å². The van der Waals surface area contributed by atoms with E-state index in [2.05, 4.69) is 34.5 Å². The number of hydrogen-bond donors (Lipinski definition) is 0. The van der Waals surface area contributed by atoms with Gasteiger partial charge in [-0.25, -0.2) is 0 Å². The van der Waals surface area contributed by atoms with Crippen molar-refractivity contribution in [3.05, 3.63) is 0 Å². The van der Waals surface area contributed by atoms with Crippen molar-refractivity contribution in [1.82, 2.24) is 0 Å². The molecule has 0 aromatic carbocycles. The Bertz CT molecular complexity index is 220. The molecule has 14 heavy (non-hydrogen) atoms. The van der Waals surface area contributed by atoms with E-state index < -0.39 is 26.5 Å². The van der Waals surface area contributed by atoms with Gasteiger partial charge in [0.1, 0.15) is 0 Å². The third-order valence-electron chi connectivity index (χ3n) is 5.29. The Morgan fingerprint density at radius 2 is 1.29 bits per heavy atom. The van der Waals surface area contributed by atoms with Crippen LogP contribution in [-0.4, -0.2) is 26.5 Å². The zero-order valence-corrected chi connectivity index (χ0v) is 14.7. The number of hydrogen-bond acceptors (Lipinski definition) is 0. The molecule has 0 radical (unpaired) electrons. The van der Waals surface area contributed by atoms with Gasteiger partial charge in [0.15, 0.2) is 0 Å². The topological polar surface area (TPSA) is 0 Å². The summed E-state index contributed by atoms with van der Waals surface area (Å²) in [6, 6.07) is 0. The predicted molar refractivity (Wildman–Crippen MR) is 70.5 cm³/mol. The first-order valence-corrected chi connectivity index (χ1v) is 19.7. The van der Waals surface area contributed by atoms with E-state index in [0.29, 0.717) is 0 Å². The van der Waals surface area contributed by atoms with Crippen molar-refractivity contribution in [3.63, 3.8) is 0 Å². The van der Waals surface area contributed by atoms with E-state index in [-0.39, 0.29) is 0 Å². The van der Waals surface area contributed by atoms with Crippen LogP contribution in [0.25, 0.3) is 0 Å². The van der Waals surface area contributed by atoms with Crippen molar-refractivity contribution < 1.29 is 0 Å². The van der Waals surface area contributed by atoms with Gasteiger partial charge in [-0.2, -0.15) is 0 Å². The first-order chi connectivity index (χ1) is 6.16. The summed E-state index contributed by atoms with van der Waals surface area (Å²) in [6.45, 7) is 7.87. The Morgan fingerprint density at radius 3 is 1.36 bits per heavy atom. The molecule has 2 rings (SSSR count). The Hall–Kier alpha value is 1.02. The van der Waals surface area contributed by atoms with Crippen LogP contribution in [0.5, 0.6) is 0 Å². The fourth-order valence-corrected chi connectivity index (χ4v) is 22.6. The SMILES string of the molecule is C[Si](C)(C)C1([C]2([Sn]([CH3])([CH3])[CH3])CC2)CC1. The molecule has 2 aliphatic rings. The summed E-state index contributed by atoms with van der Waals surface area (Å²) in [7, 11) is -0.904. The quantitative estimate of drug-likeness (QED) is 0.660. The van der Waals surface area contributed by atoms with Crippen LogP contribution in [0, 0.1) is 0 Å². The summed E-state index contributed by atoms with van der Waals surface area (Å²) < 4.78 is 0.951. The maximum atomic E-state index is 2.68. The Labute approximate surface area is 94.7 Å². The predicted octanol–water partition coefficient (Wildman–Crippen LogP) is 4.73. The van der Waals surface area contributed by atoms with Gasteiger partial charge < -0.3 is 0 Å². The molecule has 82 valence electrons. The van der Waals surface area contributed by atoms with Crippen LogP contribution in [0.4, 0.5) is 0 Å². The average molecular weight is 317 g/mol. The van der Waals surface area contributed by atoms with E-state index in [1.54, 1.807) is 25.7 Å². The molecule has 0 amide bonds. The summed E-state index contributed by atoms with van der Waals surface area (Å²) in [5.74, 6) is 0. The summed E-state index contributed by atoms with van der Waals surface area (Å²) in [6.07, 6.45) is 6.40. The van der Waals surface area contributed by atoms with Crippen LogP contribution < -0.4 is 0 Å². The standard InChI is InChI=1S/C9H17Si.3CH3.Sn/c1-10(2,3)9(6-7-9)8-4-5-8;;;;/h4-7H2,1-3H3;3*1H3;. The van der Waals surface area contributed by atoms with E-state index >= 15 is 0 Å². The van der Waals surface area contributed by atoms with Gasteiger partial charge in [-0.15, -0.1) is 0 Å². The minimum atomic E-state index is -1.67. The van der Waals surface area contributed by atoms with Gasteiger partial charge in [0.25, 0.3) is 0 Å². The summed E-state index contributed by atoms with van der Waals surface area (Å²) in [4.78, 5) is 8.05. The van der Waals surface area contributed by atoms with Crippen molar-refractivity contribution in [1.29, 1.82) is 0 Å². The molecule has 0 bridgehead atoms. The third kappa shape index (κ3) is 1.30. The van der Waals surface area contributed by atoms with Crippen molar-refractivity contribution in [2.24, 2.45) is 0 Å². The summed E-state index contributed by atoms with van der Waals surface area (Å²) in [5.41, 5.74) is 0. The van der Waals surface area contributed by atoms with Crippen LogP contribution in [0.2, 0.25) is 42.9 Å². The number of rotatable bonds is 3. The van der Waals surface area contributed by atoms with Gasteiger partial charge in [-0.3, -0.25) is 0 Å². The van der Waals surface area contributed by atoms with Gasteiger partial charge in [-0.1, -0.05) is 0 Å². The van der Waals surface area contributed by atoms with Crippen LogP contribution in [0.1, 0.15) is 25.7 Å². The molecule has 0 aromatic heterocycles. The fourth-order valence-electron chi connectivity index (χ4n) is 4.14. The van der Waals surface area contributed by atoms with E-state index in [0.717, 1.165) is 8.47 Å². The molecule has 0 spiro atoms. The zero-order valence-electron chi connectivity index (χ0n) is 10.8. The molecule has 2 saturated carbocycles. The van der Waals surface area contributed by atoms with Gasteiger partial charge >= 0.3 is 95.1 Å². The second kappa shape index (κ2) is 2.82. The van der Waals surface area contributed by atoms with Crippen molar-refractivity contribution in [2.45, 2.75) is 68.6 Å². The average Bonchev–Trinajstić information content (AvgIpc) is 2.77. The monoisotopic (exact) mass is 318 g/mol. The summed E-state index contributed by atoms with van der Waals surface area (Å²) in [5, 5.41) is 0.911. The molecular weight excluding hydrogens is 291 g/mol. The molecular formula is C12H26SiSn. The van der Waals surface area contributed by atoms with E-state index in [4.69, 9.17) is 0 Å². The van der Waals surface area contributed by atoms with E-state index in [1.165, 1.54) is 0 Å². The fraction of sp³-hybridized carbons (Fsp3) is 1.00. The second-order valence-corrected chi connectivity index (χ2v) is 28.7. The van der Waals surface area contributed by atoms with Gasteiger partial charge in [0, 0.05) is 0 Å². The van der Waals surface area contributed by atoms with Gasteiger partial charge in [0.05, 0.1) is 0 Å². The summed E-state index contributed by atoms with van der Waals surface area (Å²) >= 11 is -1.67. The molecule has 0 aromatic rings.